The van der Waals surface area contributed by atoms with Crippen LogP contribution in [0.2, 0.25) is 0 Å². The fraction of sp³-hybridized carbons (Fsp3) is 0.286. The fourth-order valence-corrected chi connectivity index (χ4v) is 1.40. The van der Waals surface area contributed by atoms with Crippen LogP contribution in [0.4, 0.5) is 0 Å². The van der Waals surface area contributed by atoms with Gasteiger partial charge >= 0.3 is 0 Å². The number of nitriles is 1. The summed E-state index contributed by atoms with van der Waals surface area (Å²) in [6.45, 7) is -0.170. The Balaban J connectivity index is 2.76. The van der Waals surface area contributed by atoms with Crippen LogP contribution in [0.1, 0.15) is 21.9 Å². The van der Waals surface area contributed by atoms with Crippen molar-refractivity contribution in [1.29, 1.82) is 5.26 Å². The maximum absolute atomic E-state index is 11.0. The Labute approximate surface area is 73.1 Å². The highest BCUT2D eigenvalue weighted by Crippen LogP contribution is 2.11. The van der Waals surface area contributed by atoms with Crippen LogP contribution >= 0.6 is 11.3 Å². The molecule has 0 radical (unpaired) electrons. The summed E-state index contributed by atoms with van der Waals surface area (Å²) in [4.78, 5) is 14.8. The molecule has 0 aliphatic rings. The Bertz CT molecular complexity index is 326. The molecular weight excluding hydrogens is 176 g/mol. The van der Waals surface area contributed by atoms with Crippen molar-refractivity contribution in [1.82, 2.24) is 4.98 Å². The Hall–Kier alpha value is -1.25. The molecule has 0 atom stereocenters. The van der Waals surface area contributed by atoms with E-state index < -0.39 is 0 Å². The van der Waals surface area contributed by atoms with Crippen molar-refractivity contribution in [2.24, 2.45) is 0 Å². The first-order chi connectivity index (χ1) is 5.77. The maximum Gasteiger partial charge on any atom is 0.205 e. The zero-order valence-electron chi connectivity index (χ0n) is 6.15. The quantitative estimate of drug-likeness (QED) is 0.699. The van der Waals surface area contributed by atoms with E-state index in [4.69, 9.17) is 10.4 Å². The molecule has 0 saturated carbocycles. The summed E-state index contributed by atoms with van der Waals surface area (Å²) in [5, 5.41) is 18.7. The Morgan fingerprint density at radius 2 is 2.58 bits per heavy atom. The number of hydrogen-bond donors (Lipinski definition) is 1. The summed E-state index contributed by atoms with van der Waals surface area (Å²) in [5.41, 5.74) is 0.473. The second kappa shape index (κ2) is 3.95. The number of rotatable bonds is 3. The molecule has 0 amide bonds. The van der Waals surface area contributed by atoms with Crippen LogP contribution in [-0.2, 0) is 6.61 Å². The summed E-state index contributed by atoms with van der Waals surface area (Å²) in [6.07, 6.45) is -0.154. The lowest BCUT2D eigenvalue weighted by atomic mass is 10.3. The van der Waals surface area contributed by atoms with E-state index >= 15 is 0 Å². The standard InChI is InChI=1S/C7H6N2O2S/c8-2-1-6(11)7-9-5(3-10)4-12-7/h4,10H,1,3H2. The number of aliphatic hydroxyl groups is 1. The molecule has 5 heteroatoms. The average molecular weight is 182 g/mol. The zero-order chi connectivity index (χ0) is 8.97. The van der Waals surface area contributed by atoms with Crippen molar-refractivity contribution in [3.05, 3.63) is 16.1 Å². The van der Waals surface area contributed by atoms with Crippen LogP contribution in [-0.4, -0.2) is 15.9 Å². The number of carbonyl (C=O) groups excluding carboxylic acids is 1. The van der Waals surface area contributed by atoms with Gasteiger partial charge in [0.15, 0.2) is 5.01 Å². The van der Waals surface area contributed by atoms with Gasteiger partial charge in [-0.3, -0.25) is 4.79 Å². The molecule has 0 aliphatic heterocycles. The van der Waals surface area contributed by atoms with Gasteiger partial charge < -0.3 is 5.11 Å². The summed E-state index contributed by atoms with van der Waals surface area (Å²) >= 11 is 1.15. The number of nitrogens with zero attached hydrogens (tertiary/aromatic N) is 2. The lowest BCUT2D eigenvalue weighted by molar-refractivity contribution is 0.0997. The number of thiazole rings is 1. The maximum atomic E-state index is 11.0. The lowest BCUT2D eigenvalue weighted by Gasteiger charge is -1.86. The molecule has 0 unspecified atom stereocenters. The second-order valence-electron chi connectivity index (χ2n) is 2.06. The highest BCUT2D eigenvalue weighted by Gasteiger charge is 2.09. The number of aliphatic hydroxyl groups excluding tert-OH is 1. The number of Topliss-reactive ketones (excluding diaryl/α,β-unsaturated/α-hetero) is 1. The van der Waals surface area contributed by atoms with Crippen LogP contribution in [0.25, 0.3) is 0 Å². The number of hydrogen-bond acceptors (Lipinski definition) is 5. The third-order valence-corrected chi connectivity index (χ3v) is 2.12. The Kier molecular flexibility index (Phi) is 2.91. The van der Waals surface area contributed by atoms with Gasteiger partial charge in [0, 0.05) is 5.38 Å². The molecular formula is C7H6N2O2S. The molecule has 0 fully saturated rings. The van der Waals surface area contributed by atoms with Gasteiger partial charge in [-0.1, -0.05) is 0 Å². The van der Waals surface area contributed by atoms with Crippen molar-refractivity contribution in [3.8, 4) is 6.07 Å². The van der Waals surface area contributed by atoms with Gasteiger partial charge in [0.25, 0.3) is 0 Å². The first-order valence-electron chi connectivity index (χ1n) is 3.23. The molecule has 1 aromatic heterocycles. The Morgan fingerprint density at radius 1 is 1.83 bits per heavy atom. The molecule has 0 bridgehead atoms. The molecule has 0 saturated heterocycles. The first-order valence-corrected chi connectivity index (χ1v) is 4.11. The normalized spacial score (nSPS) is 9.33. The van der Waals surface area contributed by atoms with Crippen molar-refractivity contribution in [2.45, 2.75) is 13.0 Å². The third kappa shape index (κ3) is 1.87. The highest BCUT2D eigenvalue weighted by molar-refractivity contribution is 7.11. The monoisotopic (exact) mass is 182 g/mol. The van der Waals surface area contributed by atoms with Crippen molar-refractivity contribution >= 4 is 17.1 Å². The molecule has 62 valence electrons. The molecule has 4 nitrogen and oxygen atoms in total. The van der Waals surface area contributed by atoms with Crippen molar-refractivity contribution < 1.29 is 9.90 Å². The minimum atomic E-state index is -0.290. The predicted molar refractivity (Wildman–Crippen MR) is 42.6 cm³/mol. The van der Waals surface area contributed by atoms with Crippen LogP contribution in [0.5, 0.6) is 0 Å². The van der Waals surface area contributed by atoms with E-state index in [1.165, 1.54) is 0 Å². The molecule has 1 rings (SSSR count). The van der Waals surface area contributed by atoms with Crippen LogP contribution in [0.3, 0.4) is 0 Å². The topological polar surface area (TPSA) is 74.0 Å². The first kappa shape index (κ1) is 8.84. The second-order valence-corrected chi connectivity index (χ2v) is 2.92. The average Bonchev–Trinajstić information content (AvgIpc) is 2.52. The number of carbonyl (C=O) groups is 1. The third-order valence-electron chi connectivity index (χ3n) is 1.19. The smallest absolute Gasteiger partial charge is 0.205 e. The van der Waals surface area contributed by atoms with Crippen molar-refractivity contribution in [3.63, 3.8) is 0 Å². The number of ketones is 1. The molecule has 0 spiro atoms. The van der Waals surface area contributed by atoms with E-state index in [0.717, 1.165) is 11.3 Å². The summed E-state index contributed by atoms with van der Waals surface area (Å²) in [7, 11) is 0. The minimum absolute atomic E-state index is 0.154. The van der Waals surface area contributed by atoms with Gasteiger partial charge in [-0.05, 0) is 0 Å². The predicted octanol–water partition coefficient (Wildman–Crippen LogP) is 0.732. The summed E-state index contributed by atoms with van der Waals surface area (Å²) in [5.74, 6) is -0.290. The number of aromatic nitrogens is 1. The zero-order valence-corrected chi connectivity index (χ0v) is 6.97. The van der Waals surface area contributed by atoms with Gasteiger partial charge in [-0.2, -0.15) is 5.26 Å². The van der Waals surface area contributed by atoms with E-state index in [0.29, 0.717) is 10.7 Å². The molecule has 1 heterocycles. The fourth-order valence-electron chi connectivity index (χ4n) is 0.655. The van der Waals surface area contributed by atoms with Crippen molar-refractivity contribution in [2.75, 3.05) is 0 Å². The highest BCUT2D eigenvalue weighted by atomic mass is 32.1. The van der Waals surface area contributed by atoms with Crippen LogP contribution in [0, 0.1) is 11.3 Å². The Morgan fingerprint density at radius 3 is 3.08 bits per heavy atom. The van der Waals surface area contributed by atoms with E-state index in [1.807, 2.05) is 0 Å². The van der Waals surface area contributed by atoms with Gasteiger partial charge in [0.05, 0.1) is 18.4 Å². The van der Waals surface area contributed by atoms with E-state index in [-0.39, 0.29) is 18.8 Å². The van der Waals surface area contributed by atoms with Gasteiger partial charge in [-0.15, -0.1) is 11.3 Å². The van der Waals surface area contributed by atoms with Gasteiger partial charge in [-0.25, -0.2) is 4.98 Å². The largest absolute Gasteiger partial charge is 0.390 e. The van der Waals surface area contributed by atoms with E-state index in [1.54, 1.807) is 11.4 Å². The SMILES string of the molecule is N#CCC(=O)c1nc(CO)cs1. The van der Waals surface area contributed by atoms with Crippen LogP contribution in [0.15, 0.2) is 5.38 Å². The minimum Gasteiger partial charge on any atom is -0.390 e. The van der Waals surface area contributed by atoms with E-state index in [9.17, 15) is 4.79 Å². The molecule has 12 heavy (non-hydrogen) atoms. The van der Waals surface area contributed by atoms with Crippen LogP contribution < -0.4 is 0 Å². The molecule has 0 aromatic carbocycles. The molecule has 1 N–H and O–H groups in total. The lowest BCUT2D eigenvalue weighted by Crippen LogP contribution is -1.96. The molecule has 0 aliphatic carbocycles. The summed E-state index contributed by atoms with van der Waals surface area (Å²) in [6, 6.07) is 1.75. The van der Waals surface area contributed by atoms with Gasteiger partial charge in [0.1, 0.15) is 6.42 Å². The molecule has 1 aromatic rings. The summed E-state index contributed by atoms with van der Waals surface area (Å²) < 4.78 is 0. The van der Waals surface area contributed by atoms with Gasteiger partial charge in [0.2, 0.25) is 5.78 Å². The van der Waals surface area contributed by atoms with E-state index in [2.05, 4.69) is 4.98 Å².